The van der Waals surface area contributed by atoms with Crippen LogP contribution in [0.4, 0.5) is 11.4 Å². The monoisotopic (exact) mass is 343 g/mol. The van der Waals surface area contributed by atoms with Gasteiger partial charge in [0.25, 0.3) is 5.69 Å². The normalized spacial score (nSPS) is 10.2. The van der Waals surface area contributed by atoms with Gasteiger partial charge >= 0.3 is 0 Å². The van der Waals surface area contributed by atoms with Crippen molar-refractivity contribution in [1.29, 1.82) is 0 Å². The summed E-state index contributed by atoms with van der Waals surface area (Å²) >= 11 is 3.23. The molecule has 110 valence electrons. The molecule has 1 aromatic rings. The Kier molecular flexibility index (Phi) is 5.94. The summed E-state index contributed by atoms with van der Waals surface area (Å²) in [6.45, 7) is 2.68. The standard InChI is InChI=1S/C13H18BrN3O3/c1-4-7-16(9-13(18)15(2)3)11-6-5-10(14)8-12(11)17(19)20/h5-6,8H,4,7,9H2,1-3H3. The summed E-state index contributed by atoms with van der Waals surface area (Å²) in [4.78, 5) is 25.8. The average molecular weight is 344 g/mol. The van der Waals surface area contributed by atoms with Gasteiger partial charge in [0.2, 0.25) is 5.91 Å². The van der Waals surface area contributed by atoms with Crippen LogP contribution in [-0.4, -0.2) is 42.9 Å². The number of halogens is 1. The molecule has 1 aromatic carbocycles. The Balaban J connectivity index is 3.14. The second-order valence-corrected chi connectivity index (χ2v) is 5.52. The molecule has 7 heteroatoms. The van der Waals surface area contributed by atoms with Gasteiger partial charge in [0.05, 0.1) is 11.5 Å². The highest BCUT2D eigenvalue weighted by Crippen LogP contribution is 2.31. The van der Waals surface area contributed by atoms with Crippen molar-refractivity contribution in [2.24, 2.45) is 0 Å². The summed E-state index contributed by atoms with van der Waals surface area (Å²) < 4.78 is 0.642. The number of hydrogen-bond acceptors (Lipinski definition) is 4. The van der Waals surface area contributed by atoms with Crippen LogP contribution in [0.15, 0.2) is 22.7 Å². The van der Waals surface area contributed by atoms with Gasteiger partial charge in [-0.05, 0) is 18.6 Å². The van der Waals surface area contributed by atoms with E-state index in [4.69, 9.17) is 0 Å². The van der Waals surface area contributed by atoms with Crippen LogP contribution < -0.4 is 4.90 Å². The van der Waals surface area contributed by atoms with E-state index >= 15 is 0 Å². The van der Waals surface area contributed by atoms with Crippen molar-refractivity contribution in [3.63, 3.8) is 0 Å². The van der Waals surface area contributed by atoms with Gasteiger partial charge in [-0.2, -0.15) is 0 Å². The molecule has 0 aliphatic carbocycles. The first-order valence-corrected chi connectivity index (χ1v) is 7.05. The number of carbonyl (C=O) groups excluding carboxylic acids is 1. The van der Waals surface area contributed by atoms with Crippen LogP contribution in [0.3, 0.4) is 0 Å². The van der Waals surface area contributed by atoms with Crippen molar-refractivity contribution in [3.05, 3.63) is 32.8 Å². The Morgan fingerprint density at radius 1 is 1.40 bits per heavy atom. The van der Waals surface area contributed by atoms with Gasteiger partial charge in [0.15, 0.2) is 0 Å². The van der Waals surface area contributed by atoms with Crippen LogP contribution in [-0.2, 0) is 4.79 Å². The van der Waals surface area contributed by atoms with Gasteiger partial charge < -0.3 is 9.80 Å². The predicted octanol–water partition coefficient (Wildman–Crippen LogP) is 2.66. The number of nitrogens with zero attached hydrogens (tertiary/aromatic N) is 3. The maximum absolute atomic E-state index is 11.9. The van der Waals surface area contributed by atoms with Crippen molar-refractivity contribution in [2.75, 3.05) is 32.1 Å². The van der Waals surface area contributed by atoms with Crippen LogP contribution >= 0.6 is 15.9 Å². The number of hydrogen-bond donors (Lipinski definition) is 0. The molecule has 0 bridgehead atoms. The number of rotatable bonds is 6. The maximum atomic E-state index is 11.9. The van der Waals surface area contributed by atoms with E-state index in [-0.39, 0.29) is 18.1 Å². The Hall–Kier alpha value is -1.63. The summed E-state index contributed by atoms with van der Waals surface area (Å²) in [7, 11) is 3.34. The van der Waals surface area contributed by atoms with E-state index in [2.05, 4.69) is 15.9 Å². The molecule has 0 aliphatic heterocycles. The van der Waals surface area contributed by atoms with Crippen LogP contribution in [0.25, 0.3) is 0 Å². The Morgan fingerprint density at radius 3 is 2.55 bits per heavy atom. The summed E-state index contributed by atoms with van der Waals surface area (Å²) in [5.74, 6) is -0.0873. The number of likely N-dealkylation sites (N-methyl/N-ethyl adjacent to an activating group) is 1. The number of benzene rings is 1. The minimum absolute atomic E-state index is 0.000573. The molecule has 0 saturated carbocycles. The topological polar surface area (TPSA) is 66.7 Å². The maximum Gasteiger partial charge on any atom is 0.293 e. The van der Waals surface area contributed by atoms with Crippen molar-refractivity contribution in [1.82, 2.24) is 4.90 Å². The van der Waals surface area contributed by atoms with E-state index in [1.807, 2.05) is 6.92 Å². The van der Waals surface area contributed by atoms with Crippen molar-refractivity contribution < 1.29 is 9.72 Å². The number of nitro groups is 1. The van der Waals surface area contributed by atoms with Gasteiger partial charge in [-0.3, -0.25) is 14.9 Å². The van der Waals surface area contributed by atoms with E-state index in [1.165, 1.54) is 11.0 Å². The van der Waals surface area contributed by atoms with Gasteiger partial charge in [-0.25, -0.2) is 0 Å². The lowest BCUT2D eigenvalue weighted by molar-refractivity contribution is -0.384. The first-order valence-electron chi connectivity index (χ1n) is 6.25. The predicted molar refractivity (Wildman–Crippen MR) is 82.0 cm³/mol. The molecule has 0 N–H and O–H groups in total. The number of nitro benzene ring substituents is 1. The molecule has 0 fully saturated rings. The Bertz CT molecular complexity index is 506. The number of anilines is 1. The molecule has 0 atom stereocenters. The first kappa shape index (κ1) is 16.4. The molecule has 1 amide bonds. The van der Waals surface area contributed by atoms with Gasteiger partial charge in [-0.15, -0.1) is 0 Å². The fraction of sp³-hybridized carbons (Fsp3) is 0.462. The highest BCUT2D eigenvalue weighted by atomic mass is 79.9. The van der Waals surface area contributed by atoms with E-state index in [9.17, 15) is 14.9 Å². The molecule has 0 aromatic heterocycles. The molecule has 1 rings (SSSR count). The third-order valence-corrected chi connectivity index (χ3v) is 3.29. The highest BCUT2D eigenvalue weighted by molar-refractivity contribution is 9.10. The lowest BCUT2D eigenvalue weighted by atomic mass is 10.2. The average Bonchev–Trinajstić information content (AvgIpc) is 2.37. The molecule has 0 aliphatic rings. The molecule has 0 unspecified atom stereocenters. The lowest BCUT2D eigenvalue weighted by Gasteiger charge is -2.25. The van der Waals surface area contributed by atoms with E-state index in [0.29, 0.717) is 16.7 Å². The van der Waals surface area contributed by atoms with E-state index in [0.717, 1.165) is 6.42 Å². The molecular formula is C13H18BrN3O3. The molecule has 0 spiro atoms. The van der Waals surface area contributed by atoms with Crippen LogP contribution in [0.2, 0.25) is 0 Å². The van der Waals surface area contributed by atoms with Gasteiger partial charge in [0.1, 0.15) is 5.69 Å². The SMILES string of the molecule is CCCN(CC(=O)N(C)C)c1ccc(Br)cc1[N+](=O)[O-]. The fourth-order valence-electron chi connectivity index (χ4n) is 1.77. The van der Waals surface area contributed by atoms with Crippen molar-refractivity contribution in [2.45, 2.75) is 13.3 Å². The van der Waals surface area contributed by atoms with Crippen LogP contribution in [0.1, 0.15) is 13.3 Å². The lowest BCUT2D eigenvalue weighted by Crippen LogP contribution is -2.37. The third kappa shape index (κ3) is 4.19. The number of carbonyl (C=O) groups is 1. The van der Waals surface area contributed by atoms with Crippen LogP contribution in [0, 0.1) is 10.1 Å². The summed E-state index contributed by atoms with van der Waals surface area (Å²) in [5.41, 5.74) is 0.467. The summed E-state index contributed by atoms with van der Waals surface area (Å²) in [5, 5.41) is 11.2. The summed E-state index contributed by atoms with van der Waals surface area (Å²) in [6.07, 6.45) is 0.800. The molecule has 0 radical (unpaired) electrons. The minimum Gasteiger partial charge on any atom is -0.357 e. The van der Waals surface area contributed by atoms with Crippen LogP contribution in [0.5, 0.6) is 0 Å². The zero-order valence-corrected chi connectivity index (χ0v) is 13.4. The zero-order chi connectivity index (χ0) is 15.3. The van der Waals surface area contributed by atoms with Gasteiger partial charge in [0, 0.05) is 31.2 Å². The zero-order valence-electron chi connectivity index (χ0n) is 11.8. The molecule has 6 nitrogen and oxygen atoms in total. The van der Waals surface area contributed by atoms with E-state index < -0.39 is 4.92 Å². The molecule has 20 heavy (non-hydrogen) atoms. The second kappa shape index (κ2) is 7.23. The minimum atomic E-state index is -0.428. The Morgan fingerprint density at radius 2 is 2.05 bits per heavy atom. The first-order chi connectivity index (χ1) is 9.36. The number of amides is 1. The Labute approximate surface area is 126 Å². The van der Waals surface area contributed by atoms with Crippen molar-refractivity contribution in [3.8, 4) is 0 Å². The molecule has 0 saturated heterocycles. The highest BCUT2D eigenvalue weighted by Gasteiger charge is 2.21. The van der Waals surface area contributed by atoms with Crippen molar-refractivity contribution >= 4 is 33.2 Å². The smallest absolute Gasteiger partial charge is 0.293 e. The second-order valence-electron chi connectivity index (χ2n) is 4.60. The largest absolute Gasteiger partial charge is 0.357 e. The molecular weight excluding hydrogens is 326 g/mol. The summed E-state index contributed by atoms with van der Waals surface area (Å²) in [6, 6.07) is 4.87. The van der Waals surface area contributed by atoms with E-state index in [1.54, 1.807) is 31.1 Å². The van der Waals surface area contributed by atoms with Gasteiger partial charge in [-0.1, -0.05) is 22.9 Å². The quantitative estimate of drug-likeness (QED) is 0.588. The third-order valence-electron chi connectivity index (χ3n) is 2.79. The fourth-order valence-corrected chi connectivity index (χ4v) is 2.12. The molecule has 0 heterocycles.